The normalized spacial score (nSPS) is 19.2. The number of aromatic nitrogens is 5. The molecular weight excluding hydrogens is 744 g/mol. The van der Waals surface area contributed by atoms with Crippen LogP contribution in [0.15, 0.2) is 36.8 Å². The molecule has 5 heterocycles. The van der Waals surface area contributed by atoms with Crippen molar-refractivity contribution in [2.75, 3.05) is 44.9 Å². The van der Waals surface area contributed by atoms with Crippen LogP contribution in [0.4, 0.5) is 19.0 Å². The molecule has 0 amide bonds. The summed E-state index contributed by atoms with van der Waals surface area (Å²) in [6, 6.07) is 5.98. The number of morpholine rings is 1. The predicted molar refractivity (Wildman–Crippen MR) is 200 cm³/mol. The number of imidazole rings is 2. The molecule has 54 heavy (non-hydrogen) atoms. The van der Waals surface area contributed by atoms with Crippen LogP contribution in [-0.2, 0) is 48.0 Å². The maximum atomic E-state index is 14.1. The number of halogens is 3. The quantitative estimate of drug-likeness (QED) is 0.168. The van der Waals surface area contributed by atoms with Crippen LogP contribution in [-0.4, -0.2) is 92.6 Å². The molecule has 296 valence electrons. The Morgan fingerprint density at radius 2 is 1.89 bits per heavy atom. The molecule has 2 aliphatic rings. The average molecular weight is 794 g/mol. The summed E-state index contributed by atoms with van der Waals surface area (Å²) in [4.78, 5) is 11.5. The number of fused-ring (bicyclic) bond motifs is 1. The maximum Gasteiger partial charge on any atom is 0.416 e. The lowest BCUT2D eigenvalue weighted by Crippen LogP contribution is -2.45. The summed E-state index contributed by atoms with van der Waals surface area (Å²) in [5, 5.41) is 4.96. The first-order valence-corrected chi connectivity index (χ1v) is 22.5. The molecule has 2 atom stereocenters. The molecule has 1 aromatic carbocycles. The van der Waals surface area contributed by atoms with Gasteiger partial charge in [-0.3, -0.25) is 0 Å². The van der Waals surface area contributed by atoms with Crippen LogP contribution in [0.25, 0.3) is 16.9 Å². The fraction of sp³-hybridized carbons (Fsp3) is 0.583. The SMILES string of the molecule is CNS(=O)(=O)n1cnc(-c2cc(N3CCOC(COC4CCCCO4)C3)nn3c(Cc4cccc(C(F)(F)F)c4C)c(CO[Si](C)(C)C(C)(C)C)nc23)c1. The highest BCUT2D eigenvalue weighted by molar-refractivity contribution is 7.87. The zero-order chi connectivity index (χ0) is 39.1. The Kier molecular flexibility index (Phi) is 11.7. The first-order chi connectivity index (χ1) is 25.4. The number of hydrogen-bond donors (Lipinski definition) is 1. The minimum atomic E-state index is -4.53. The number of nitrogens with zero attached hydrogens (tertiary/aromatic N) is 6. The summed E-state index contributed by atoms with van der Waals surface area (Å²) in [5.74, 6) is 0.530. The largest absolute Gasteiger partial charge is 0.416 e. The highest BCUT2D eigenvalue weighted by atomic mass is 32.2. The van der Waals surface area contributed by atoms with E-state index < -0.39 is 30.3 Å². The lowest BCUT2D eigenvalue weighted by molar-refractivity contribution is -0.180. The molecule has 3 aromatic heterocycles. The molecule has 6 rings (SSSR count). The van der Waals surface area contributed by atoms with Gasteiger partial charge in [-0.15, -0.1) is 5.10 Å². The summed E-state index contributed by atoms with van der Waals surface area (Å²) < 4.78 is 97.1. The summed E-state index contributed by atoms with van der Waals surface area (Å²) in [5.41, 5.74) is 2.10. The Bertz CT molecular complexity index is 2060. The smallest absolute Gasteiger partial charge is 0.411 e. The average Bonchev–Trinajstić information content (AvgIpc) is 3.76. The third-order valence-corrected chi connectivity index (χ3v) is 16.4. The molecule has 0 aliphatic carbocycles. The van der Waals surface area contributed by atoms with Gasteiger partial charge in [0.1, 0.15) is 6.33 Å². The Hall–Kier alpha value is -3.39. The Balaban J connectivity index is 1.48. The molecule has 1 N–H and O–H groups in total. The monoisotopic (exact) mass is 793 g/mol. The molecule has 0 radical (unpaired) electrons. The second kappa shape index (κ2) is 15.6. The maximum absolute atomic E-state index is 14.1. The molecule has 18 heteroatoms. The molecule has 2 aliphatic heterocycles. The standard InChI is InChI=1S/C36H50F3N7O6SSi/c1-24-25(11-10-12-28(24)36(37,38)39)17-31-30(22-52-54(6,7)35(2,3)4)42-34-27(29-20-45(23-41-29)53(47,48)40-5)18-32(43-46(31)34)44-14-16-49-26(19-44)21-51-33-13-8-9-15-50-33/h10-12,18,20,23,26,33,40H,8-9,13-17,19,21-22H2,1-7H3. The van der Waals surface area contributed by atoms with Crippen LogP contribution < -0.4 is 9.62 Å². The zero-order valence-electron chi connectivity index (χ0n) is 31.9. The second-order valence-corrected chi connectivity index (χ2v) is 21.9. The van der Waals surface area contributed by atoms with Crippen molar-refractivity contribution in [2.45, 2.75) is 96.7 Å². The van der Waals surface area contributed by atoms with Gasteiger partial charge in [-0.25, -0.2) is 23.2 Å². The molecular formula is C36H50F3N7O6SSi. The Morgan fingerprint density at radius 1 is 1.11 bits per heavy atom. The van der Waals surface area contributed by atoms with Crippen LogP contribution in [0.5, 0.6) is 0 Å². The van der Waals surface area contributed by atoms with E-state index in [1.54, 1.807) is 10.6 Å². The van der Waals surface area contributed by atoms with Crippen molar-refractivity contribution in [1.29, 1.82) is 0 Å². The minimum Gasteiger partial charge on any atom is -0.411 e. The molecule has 4 aromatic rings. The summed E-state index contributed by atoms with van der Waals surface area (Å²) >= 11 is 0. The van der Waals surface area contributed by atoms with Gasteiger partial charge in [0.25, 0.3) is 0 Å². The van der Waals surface area contributed by atoms with Crippen LogP contribution in [0.1, 0.15) is 68.1 Å². The first-order valence-electron chi connectivity index (χ1n) is 18.2. The first kappa shape index (κ1) is 40.3. The van der Waals surface area contributed by atoms with Crippen molar-refractivity contribution in [3.05, 3.63) is 64.9 Å². The van der Waals surface area contributed by atoms with Crippen LogP contribution in [0, 0.1) is 6.92 Å². The van der Waals surface area contributed by atoms with E-state index in [0.29, 0.717) is 72.6 Å². The number of rotatable bonds is 12. The van der Waals surface area contributed by atoms with E-state index in [9.17, 15) is 21.6 Å². The predicted octanol–water partition coefficient (Wildman–Crippen LogP) is 6.09. The lowest BCUT2D eigenvalue weighted by Gasteiger charge is -2.36. The van der Waals surface area contributed by atoms with Crippen molar-refractivity contribution in [2.24, 2.45) is 0 Å². The van der Waals surface area contributed by atoms with Gasteiger partial charge in [-0.05, 0) is 67.6 Å². The number of alkyl halides is 3. The number of benzene rings is 1. The Labute approximate surface area is 315 Å². The number of anilines is 1. The van der Waals surface area contributed by atoms with Gasteiger partial charge in [0.15, 0.2) is 26.1 Å². The molecule has 0 bridgehead atoms. The van der Waals surface area contributed by atoms with Crippen molar-refractivity contribution < 1.29 is 40.2 Å². The van der Waals surface area contributed by atoms with Crippen LogP contribution >= 0.6 is 0 Å². The highest BCUT2D eigenvalue weighted by Gasteiger charge is 2.38. The van der Waals surface area contributed by atoms with Gasteiger partial charge in [0.2, 0.25) is 0 Å². The van der Waals surface area contributed by atoms with Gasteiger partial charge in [0, 0.05) is 39.4 Å². The van der Waals surface area contributed by atoms with Crippen LogP contribution in [0.2, 0.25) is 18.1 Å². The van der Waals surface area contributed by atoms with Gasteiger partial charge < -0.3 is 23.5 Å². The summed E-state index contributed by atoms with van der Waals surface area (Å²) in [6.07, 6.45) is 0.451. The molecule has 2 unspecified atom stereocenters. The van der Waals surface area contributed by atoms with Crippen molar-refractivity contribution in [1.82, 2.24) is 28.3 Å². The molecule has 0 saturated carbocycles. The van der Waals surface area contributed by atoms with E-state index in [1.165, 1.54) is 32.6 Å². The van der Waals surface area contributed by atoms with E-state index in [1.807, 2.05) is 6.07 Å². The van der Waals surface area contributed by atoms with Crippen LogP contribution in [0.3, 0.4) is 0 Å². The lowest BCUT2D eigenvalue weighted by atomic mass is 9.98. The van der Waals surface area contributed by atoms with E-state index in [0.717, 1.165) is 29.3 Å². The summed E-state index contributed by atoms with van der Waals surface area (Å²) in [7, 11) is -4.90. The Morgan fingerprint density at radius 3 is 2.57 bits per heavy atom. The van der Waals surface area contributed by atoms with Gasteiger partial charge in [0.05, 0.1) is 54.1 Å². The zero-order valence-corrected chi connectivity index (χ0v) is 33.7. The van der Waals surface area contributed by atoms with E-state index in [2.05, 4.69) is 48.5 Å². The third-order valence-electron chi connectivity index (χ3n) is 10.7. The van der Waals surface area contributed by atoms with Gasteiger partial charge in [-0.1, -0.05) is 32.9 Å². The van der Waals surface area contributed by atoms with Crippen molar-refractivity contribution in [3.8, 4) is 11.3 Å². The molecule has 2 saturated heterocycles. The van der Waals surface area contributed by atoms with E-state index >= 15 is 0 Å². The number of nitrogens with one attached hydrogen (secondary N) is 1. The molecule has 0 spiro atoms. The molecule has 2 fully saturated rings. The minimum absolute atomic E-state index is 0.0759. The number of hydrogen-bond acceptors (Lipinski definition) is 10. The fourth-order valence-corrected chi connectivity index (χ4v) is 7.88. The van der Waals surface area contributed by atoms with Crippen molar-refractivity contribution in [3.63, 3.8) is 0 Å². The van der Waals surface area contributed by atoms with E-state index in [4.69, 9.17) is 28.7 Å². The second-order valence-electron chi connectivity index (χ2n) is 15.3. The molecule has 13 nitrogen and oxygen atoms in total. The van der Waals surface area contributed by atoms with E-state index in [-0.39, 0.29) is 36.0 Å². The number of ether oxygens (including phenoxy) is 3. The third kappa shape index (κ3) is 8.69. The topological polar surface area (TPSA) is 134 Å². The van der Waals surface area contributed by atoms with Gasteiger partial charge in [-0.2, -0.15) is 21.6 Å². The van der Waals surface area contributed by atoms with Crippen molar-refractivity contribution >= 4 is 30.0 Å². The van der Waals surface area contributed by atoms with Gasteiger partial charge >= 0.3 is 16.4 Å². The summed E-state index contributed by atoms with van der Waals surface area (Å²) in [6.45, 7) is 14.5. The highest BCUT2D eigenvalue weighted by Crippen LogP contribution is 2.39. The fourth-order valence-electron chi connectivity index (χ4n) is 6.33.